The van der Waals surface area contributed by atoms with Crippen LogP contribution in [-0.2, 0) is 4.79 Å². The van der Waals surface area contributed by atoms with Gasteiger partial charge < -0.3 is 9.32 Å². The van der Waals surface area contributed by atoms with Gasteiger partial charge in [-0.15, -0.1) is 10.2 Å². The van der Waals surface area contributed by atoms with Crippen LogP contribution in [0.2, 0.25) is 0 Å². The van der Waals surface area contributed by atoms with Gasteiger partial charge in [-0.3, -0.25) is 4.79 Å². The summed E-state index contributed by atoms with van der Waals surface area (Å²) in [6, 6.07) is 1.97. The van der Waals surface area contributed by atoms with Crippen molar-refractivity contribution in [2.24, 2.45) is 5.92 Å². The summed E-state index contributed by atoms with van der Waals surface area (Å²) >= 11 is 1.61. The third-order valence-electron chi connectivity index (χ3n) is 3.78. The molecule has 1 aliphatic rings. The predicted molar refractivity (Wildman–Crippen MR) is 81.0 cm³/mol. The second-order valence-electron chi connectivity index (χ2n) is 5.74. The van der Waals surface area contributed by atoms with Gasteiger partial charge >= 0.3 is 0 Å². The molecular formula is C15H19N3O2S. The van der Waals surface area contributed by atoms with Crippen molar-refractivity contribution < 1.29 is 9.21 Å². The van der Waals surface area contributed by atoms with Crippen LogP contribution < -0.4 is 0 Å². The molecule has 112 valence electrons. The molecule has 1 unspecified atom stereocenters. The summed E-state index contributed by atoms with van der Waals surface area (Å²) in [6.07, 6.45) is 1.98. The average molecular weight is 305 g/mol. The first kappa shape index (κ1) is 14.3. The van der Waals surface area contributed by atoms with Gasteiger partial charge in [0.1, 0.15) is 0 Å². The second kappa shape index (κ2) is 5.97. The lowest BCUT2D eigenvalue weighted by Gasteiger charge is -2.32. The Morgan fingerprint density at radius 3 is 3.05 bits per heavy atom. The Labute approximate surface area is 128 Å². The minimum Gasteiger partial charge on any atom is -0.420 e. The van der Waals surface area contributed by atoms with Crippen molar-refractivity contribution in [3.63, 3.8) is 0 Å². The fraction of sp³-hybridized carbons (Fsp3) is 0.533. The van der Waals surface area contributed by atoms with Crippen LogP contribution in [0.15, 0.2) is 21.2 Å². The highest BCUT2D eigenvalue weighted by molar-refractivity contribution is 7.08. The SMILES string of the molecule is CC(C)C(=O)N1CCCC(c2nnc(-c3ccsc3)o2)C1. The maximum Gasteiger partial charge on any atom is 0.248 e. The van der Waals surface area contributed by atoms with Gasteiger partial charge in [0.15, 0.2) is 0 Å². The number of likely N-dealkylation sites (tertiary alicyclic amines) is 1. The van der Waals surface area contributed by atoms with Crippen LogP contribution in [0.5, 0.6) is 0 Å². The Morgan fingerprint density at radius 2 is 2.33 bits per heavy atom. The van der Waals surface area contributed by atoms with Gasteiger partial charge in [-0.05, 0) is 24.3 Å². The van der Waals surface area contributed by atoms with Crippen molar-refractivity contribution in [3.8, 4) is 11.5 Å². The lowest BCUT2D eigenvalue weighted by molar-refractivity contribution is -0.135. The number of thiophene rings is 1. The molecule has 0 spiro atoms. The molecular weight excluding hydrogens is 286 g/mol. The van der Waals surface area contributed by atoms with Crippen LogP contribution in [0.1, 0.15) is 38.5 Å². The highest BCUT2D eigenvalue weighted by atomic mass is 32.1. The molecule has 6 heteroatoms. The van der Waals surface area contributed by atoms with Gasteiger partial charge in [-0.1, -0.05) is 13.8 Å². The van der Waals surface area contributed by atoms with E-state index in [1.165, 1.54) is 0 Å². The van der Waals surface area contributed by atoms with E-state index in [9.17, 15) is 4.79 Å². The van der Waals surface area contributed by atoms with Crippen molar-refractivity contribution >= 4 is 17.2 Å². The van der Waals surface area contributed by atoms with E-state index >= 15 is 0 Å². The van der Waals surface area contributed by atoms with Crippen molar-refractivity contribution in [2.75, 3.05) is 13.1 Å². The van der Waals surface area contributed by atoms with Gasteiger partial charge in [0, 0.05) is 30.0 Å². The van der Waals surface area contributed by atoms with Gasteiger partial charge in [0.05, 0.1) is 5.92 Å². The zero-order valence-electron chi connectivity index (χ0n) is 12.3. The first-order valence-electron chi connectivity index (χ1n) is 7.30. The minimum atomic E-state index is 0.0350. The number of piperidine rings is 1. The van der Waals surface area contributed by atoms with Crippen LogP contribution in [0.25, 0.3) is 11.5 Å². The Morgan fingerprint density at radius 1 is 1.48 bits per heavy atom. The molecule has 0 radical (unpaired) electrons. The Kier molecular flexibility index (Phi) is 4.05. The van der Waals surface area contributed by atoms with E-state index in [2.05, 4.69) is 10.2 Å². The standard InChI is InChI=1S/C15H19N3O2S/c1-10(2)15(19)18-6-3-4-11(8-18)13-16-17-14(20-13)12-5-7-21-9-12/h5,7,9-11H,3-4,6,8H2,1-2H3. The molecule has 1 aliphatic heterocycles. The maximum atomic E-state index is 12.1. The molecule has 1 saturated heterocycles. The first-order valence-corrected chi connectivity index (χ1v) is 8.24. The molecule has 3 rings (SSSR count). The lowest BCUT2D eigenvalue weighted by atomic mass is 9.97. The summed E-state index contributed by atoms with van der Waals surface area (Å²) in [5.74, 6) is 1.61. The summed E-state index contributed by atoms with van der Waals surface area (Å²) in [7, 11) is 0. The molecule has 0 aliphatic carbocycles. The number of nitrogens with zero attached hydrogens (tertiary/aromatic N) is 3. The van der Waals surface area contributed by atoms with E-state index in [4.69, 9.17) is 4.42 Å². The number of carbonyl (C=O) groups is 1. The van der Waals surface area contributed by atoms with Crippen molar-refractivity contribution in [1.82, 2.24) is 15.1 Å². The Hall–Kier alpha value is -1.69. The van der Waals surface area contributed by atoms with Crippen LogP contribution in [0.3, 0.4) is 0 Å². The topological polar surface area (TPSA) is 59.2 Å². The van der Waals surface area contributed by atoms with E-state index in [1.54, 1.807) is 11.3 Å². The first-order chi connectivity index (χ1) is 10.1. The van der Waals surface area contributed by atoms with Crippen molar-refractivity contribution in [1.29, 1.82) is 0 Å². The number of carbonyl (C=O) groups excluding carboxylic acids is 1. The fourth-order valence-electron chi connectivity index (χ4n) is 2.65. The second-order valence-corrected chi connectivity index (χ2v) is 6.52. The number of aromatic nitrogens is 2. The van der Waals surface area contributed by atoms with E-state index in [1.807, 2.05) is 35.6 Å². The number of rotatable bonds is 3. The lowest BCUT2D eigenvalue weighted by Crippen LogP contribution is -2.41. The molecule has 2 aromatic rings. The smallest absolute Gasteiger partial charge is 0.248 e. The van der Waals surface area contributed by atoms with Gasteiger partial charge in [-0.25, -0.2) is 0 Å². The van der Waals surface area contributed by atoms with E-state index < -0.39 is 0 Å². The van der Waals surface area contributed by atoms with Crippen molar-refractivity contribution in [3.05, 3.63) is 22.7 Å². The third-order valence-corrected chi connectivity index (χ3v) is 4.47. The average Bonchev–Trinajstić information content (AvgIpc) is 3.17. The quantitative estimate of drug-likeness (QED) is 0.874. The normalized spacial score (nSPS) is 19.2. The number of hydrogen-bond donors (Lipinski definition) is 0. The summed E-state index contributed by atoms with van der Waals surface area (Å²) in [5.41, 5.74) is 0.963. The third kappa shape index (κ3) is 3.00. The van der Waals surface area contributed by atoms with E-state index in [-0.39, 0.29) is 17.7 Å². The maximum absolute atomic E-state index is 12.1. The summed E-state index contributed by atoms with van der Waals surface area (Å²) < 4.78 is 5.80. The fourth-order valence-corrected chi connectivity index (χ4v) is 3.28. The molecule has 1 atom stereocenters. The molecule has 3 heterocycles. The molecule has 0 bridgehead atoms. The largest absolute Gasteiger partial charge is 0.420 e. The van der Waals surface area contributed by atoms with Crippen LogP contribution in [0.4, 0.5) is 0 Å². The molecule has 2 aromatic heterocycles. The van der Waals surface area contributed by atoms with Crippen LogP contribution in [-0.4, -0.2) is 34.1 Å². The monoisotopic (exact) mass is 305 g/mol. The van der Waals surface area contributed by atoms with Gasteiger partial charge in [0.2, 0.25) is 17.7 Å². The number of hydrogen-bond acceptors (Lipinski definition) is 5. The summed E-state index contributed by atoms with van der Waals surface area (Å²) in [4.78, 5) is 14.1. The van der Waals surface area contributed by atoms with Crippen LogP contribution in [0, 0.1) is 5.92 Å². The highest BCUT2D eigenvalue weighted by Crippen LogP contribution is 2.29. The molecule has 21 heavy (non-hydrogen) atoms. The molecule has 5 nitrogen and oxygen atoms in total. The molecule has 1 fully saturated rings. The van der Waals surface area contributed by atoms with Gasteiger partial charge in [-0.2, -0.15) is 11.3 Å². The summed E-state index contributed by atoms with van der Waals surface area (Å²) in [6.45, 7) is 5.39. The van der Waals surface area contributed by atoms with E-state index in [0.717, 1.165) is 24.9 Å². The molecule has 0 N–H and O–H groups in total. The molecule has 0 aromatic carbocycles. The number of amides is 1. The predicted octanol–water partition coefficient (Wildman–Crippen LogP) is 3.16. The van der Waals surface area contributed by atoms with Crippen LogP contribution >= 0.6 is 11.3 Å². The van der Waals surface area contributed by atoms with Crippen molar-refractivity contribution in [2.45, 2.75) is 32.6 Å². The Balaban J connectivity index is 1.73. The minimum absolute atomic E-state index is 0.0350. The van der Waals surface area contributed by atoms with E-state index in [0.29, 0.717) is 18.3 Å². The molecule has 0 saturated carbocycles. The highest BCUT2D eigenvalue weighted by Gasteiger charge is 2.29. The van der Waals surface area contributed by atoms with Gasteiger partial charge in [0.25, 0.3) is 0 Å². The zero-order valence-corrected chi connectivity index (χ0v) is 13.1. The zero-order chi connectivity index (χ0) is 14.8. The Bertz CT molecular complexity index is 606. The molecule has 1 amide bonds. The summed E-state index contributed by atoms with van der Waals surface area (Å²) in [5, 5.41) is 12.3.